The van der Waals surface area contributed by atoms with E-state index >= 15 is 0 Å². The second-order valence-electron chi connectivity index (χ2n) is 3.54. The highest BCUT2D eigenvalue weighted by Crippen LogP contribution is 2.18. The van der Waals surface area contributed by atoms with Gasteiger partial charge in [0.15, 0.2) is 11.0 Å². The summed E-state index contributed by atoms with van der Waals surface area (Å²) in [6, 6.07) is 3.52. The van der Waals surface area contributed by atoms with Crippen LogP contribution in [0.3, 0.4) is 0 Å². The fourth-order valence-electron chi connectivity index (χ4n) is 1.41. The van der Waals surface area contributed by atoms with E-state index in [-0.39, 0.29) is 12.4 Å². The van der Waals surface area contributed by atoms with Crippen molar-refractivity contribution in [1.29, 1.82) is 0 Å². The van der Waals surface area contributed by atoms with Crippen molar-refractivity contribution in [1.82, 2.24) is 25.0 Å². The first-order valence-electron chi connectivity index (χ1n) is 5.35. The molecule has 19 heavy (non-hydrogen) atoms. The zero-order valence-electron chi connectivity index (χ0n) is 9.80. The summed E-state index contributed by atoms with van der Waals surface area (Å²) in [5.41, 5.74) is 0.675. The molecular weight excluding hydrogens is 270 g/mol. The number of aliphatic carboxylic acids is 1. The summed E-state index contributed by atoms with van der Waals surface area (Å²) in [7, 11) is 0. The van der Waals surface area contributed by atoms with Crippen LogP contribution in [0.15, 0.2) is 23.5 Å². The van der Waals surface area contributed by atoms with Gasteiger partial charge in [-0.1, -0.05) is 11.8 Å². The number of nitrogens with zero attached hydrogens (tertiary/aromatic N) is 5. The maximum absolute atomic E-state index is 10.6. The third-order valence-corrected chi connectivity index (χ3v) is 3.16. The number of aliphatic hydroxyl groups is 1. The molecule has 0 aliphatic rings. The van der Waals surface area contributed by atoms with E-state index in [1.165, 1.54) is 0 Å². The maximum Gasteiger partial charge on any atom is 0.313 e. The van der Waals surface area contributed by atoms with Gasteiger partial charge in [0.25, 0.3) is 0 Å². The molecule has 2 heterocycles. The van der Waals surface area contributed by atoms with Crippen LogP contribution in [0.2, 0.25) is 0 Å². The first-order valence-corrected chi connectivity index (χ1v) is 6.33. The van der Waals surface area contributed by atoms with Crippen LogP contribution < -0.4 is 0 Å². The van der Waals surface area contributed by atoms with Crippen molar-refractivity contribution in [2.75, 3.05) is 5.75 Å². The number of thioether (sulfide) groups is 1. The predicted molar refractivity (Wildman–Crippen MR) is 65.4 cm³/mol. The molecule has 0 spiro atoms. The molecule has 0 aliphatic carbocycles. The highest BCUT2D eigenvalue weighted by atomic mass is 32.2. The number of hydrogen-bond donors (Lipinski definition) is 2. The lowest BCUT2D eigenvalue weighted by Gasteiger charge is -2.07. The highest BCUT2D eigenvalue weighted by Gasteiger charge is 2.14. The van der Waals surface area contributed by atoms with E-state index < -0.39 is 5.97 Å². The van der Waals surface area contributed by atoms with E-state index in [1.54, 1.807) is 22.9 Å². The van der Waals surface area contributed by atoms with Gasteiger partial charge >= 0.3 is 5.97 Å². The van der Waals surface area contributed by atoms with Gasteiger partial charge in [-0.25, -0.2) is 0 Å². The van der Waals surface area contributed by atoms with Crippen molar-refractivity contribution >= 4 is 17.7 Å². The van der Waals surface area contributed by atoms with Crippen LogP contribution >= 0.6 is 11.8 Å². The van der Waals surface area contributed by atoms with Gasteiger partial charge in [0, 0.05) is 6.20 Å². The molecule has 0 radical (unpaired) electrons. The molecule has 8 nitrogen and oxygen atoms in total. The lowest BCUT2D eigenvalue weighted by molar-refractivity contribution is -0.133. The summed E-state index contributed by atoms with van der Waals surface area (Å²) in [5, 5.41) is 33.7. The van der Waals surface area contributed by atoms with E-state index in [1.807, 2.05) is 0 Å². The SMILES string of the molecule is O=C(O)CSc1nnc(CO)n1Cc1cccnn1. The number of carboxylic acid groups (broad SMARTS) is 1. The van der Waals surface area contributed by atoms with Crippen LogP contribution in [0.4, 0.5) is 0 Å². The summed E-state index contributed by atoms with van der Waals surface area (Å²) in [6.07, 6.45) is 1.56. The van der Waals surface area contributed by atoms with Gasteiger partial charge in [0.05, 0.1) is 18.0 Å². The largest absolute Gasteiger partial charge is 0.481 e. The molecule has 100 valence electrons. The molecule has 0 amide bonds. The smallest absolute Gasteiger partial charge is 0.313 e. The summed E-state index contributed by atoms with van der Waals surface area (Å²) in [5.74, 6) is -0.701. The molecule has 0 bridgehead atoms. The van der Waals surface area contributed by atoms with E-state index in [4.69, 9.17) is 5.11 Å². The van der Waals surface area contributed by atoms with Gasteiger partial charge in [0.2, 0.25) is 0 Å². The summed E-state index contributed by atoms with van der Waals surface area (Å²) >= 11 is 1.04. The van der Waals surface area contributed by atoms with Crippen LogP contribution in [0, 0.1) is 0 Å². The molecule has 0 aromatic carbocycles. The van der Waals surface area contributed by atoms with Gasteiger partial charge in [0.1, 0.15) is 6.61 Å². The van der Waals surface area contributed by atoms with Crippen LogP contribution in [0.5, 0.6) is 0 Å². The van der Waals surface area contributed by atoms with E-state index in [0.29, 0.717) is 23.2 Å². The first-order chi connectivity index (χ1) is 9.20. The number of aliphatic hydroxyl groups excluding tert-OH is 1. The number of carbonyl (C=O) groups is 1. The molecule has 0 aliphatic heterocycles. The first kappa shape index (κ1) is 13.4. The minimum atomic E-state index is -0.940. The molecular formula is C10H11N5O3S. The Labute approximate surface area is 112 Å². The van der Waals surface area contributed by atoms with Gasteiger partial charge in [-0.2, -0.15) is 10.2 Å². The Morgan fingerprint density at radius 2 is 2.21 bits per heavy atom. The molecule has 2 aromatic rings. The Balaban J connectivity index is 2.21. The summed E-state index contributed by atoms with van der Waals surface area (Å²) in [4.78, 5) is 10.6. The van der Waals surface area contributed by atoms with Crippen LogP contribution in [-0.2, 0) is 17.9 Å². The third-order valence-electron chi connectivity index (χ3n) is 2.21. The van der Waals surface area contributed by atoms with E-state index in [2.05, 4.69) is 20.4 Å². The number of aromatic nitrogens is 5. The highest BCUT2D eigenvalue weighted by molar-refractivity contribution is 7.99. The molecule has 0 fully saturated rings. The average Bonchev–Trinajstić information content (AvgIpc) is 2.80. The summed E-state index contributed by atoms with van der Waals surface area (Å²) in [6.45, 7) is 0.0551. The fraction of sp³-hybridized carbons (Fsp3) is 0.300. The van der Waals surface area contributed by atoms with Crippen LogP contribution in [0.1, 0.15) is 11.5 Å². The monoisotopic (exact) mass is 281 g/mol. The van der Waals surface area contributed by atoms with Crippen molar-refractivity contribution in [3.8, 4) is 0 Å². The summed E-state index contributed by atoms with van der Waals surface area (Å²) < 4.78 is 1.62. The Kier molecular flexibility index (Phi) is 4.42. The van der Waals surface area contributed by atoms with E-state index in [9.17, 15) is 9.90 Å². The van der Waals surface area contributed by atoms with Crippen molar-refractivity contribution in [2.24, 2.45) is 0 Å². The Bertz CT molecular complexity index is 560. The normalized spacial score (nSPS) is 10.6. The predicted octanol–water partition coefficient (Wildman–Crippen LogP) is -0.215. The van der Waals surface area contributed by atoms with Gasteiger partial charge in [-0.15, -0.1) is 10.2 Å². The number of carboxylic acids is 1. The maximum atomic E-state index is 10.6. The second kappa shape index (κ2) is 6.25. The van der Waals surface area contributed by atoms with Gasteiger partial charge in [-0.3, -0.25) is 9.36 Å². The van der Waals surface area contributed by atoms with Crippen molar-refractivity contribution in [2.45, 2.75) is 18.3 Å². The quantitative estimate of drug-likeness (QED) is 0.699. The lowest BCUT2D eigenvalue weighted by atomic mass is 10.4. The molecule has 2 aromatic heterocycles. The molecule has 0 unspecified atom stereocenters. The Hall–Kier alpha value is -2.00. The van der Waals surface area contributed by atoms with Gasteiger partial charge in [-0.05, 0) is 12.1 Å². The van der Waals surface area contributed by atoms with Crippen molar-refractivity contribution in [3.05, 3.63) is 29.8 Å². The van der Waals surface area contributed by atoms with Crippen molar-refractivity contribution < 1.29 is 15.0 Å². The average molecular weight is 281 g/mol. The Morgan fingerprint density at radius 3 is 2.84 bits per heavy atom. The molecule has 2 rings (SSSR count). The zero-order chi connectivity index (χ0) is 13.7. The molecule has 0 saturated heterocycles. The van der Waals surface area contributed by atoms with E-state index in [0.717, 1.165) is 11.8 Å². The number of rotatable bonds is 6. The fourth-order valence-corrected chi connectivity index (χ4v) is 2.08. The molecule has 9 heteroatoms. The van der Waals surface area contributed by atoms with Crippen molar-refractivity contribution in [3.63, 3.8) is 0 Å². The van der Waals surface area contributed by atoms with Crippen LogP contribution in [0.25, 0.3) is 0 Å². The minimum Gasteiger partial charge on any atom is -0.481 e. The van der Waals surface area contributed by atoms with Crippen LogP contribution in [-0.4, -0.2) is 46.9 Å². The minimum absolute atomic E-state index is 0.121. The topological polar surface area (TPSA) is 114 Å². The standard InChI is InChI=1S/C10H11N5O3S/c16-5-8-13-14-10(19-6-9(17)18)15(8)4-7-2-1-3-11-12-7/h1-3,16H,4-6H2,(H,17,18). The number of hydrogen-bond acceptors (Lipinski definition) is 7. The Morgan fingerprint density at radius 1 is 1.37 bits per heavy atom. The lowest BCUT2D eigenvalue weighted by Crippen LogP contribution is -2.09. The molecule has 0 atom stereocenters. The second-order valence-corrected chi connectivity index (χ2v) is 4.48. The molecule has 2 N–H and O–H groups in total. The molecule has 0 saturated carbocycles. The zero-order valence-corrected chi connectivity index (χ0v) is 10.6. The third kappa shape index (κ3) is 3.48. The van der Waals surface area contributed by atoms with Gasteiger partial charge < -0.3 is 10.2 Å².